The lowest BCUT2D eigenvalue weighted by atomic mass is 10.1. The Balaban J connectivity index is 3.05. The molecule has 0 aliphatic rings. The third-order valence-corrected chi connectivity index (χ3v) is 2.10. The second-order valence-electron chi connectivity index (χ2n) is 2.45. The van der Waals surface area contributed by atoms with E-state index in [2.05, 4.69) is 40.9 Å². The van der Waals surface area contributed by atoms with Crippen LogP contribution in [0.2, 0.25) is 0 Å². The first-order valence-corrected chi connectivity index (χ1v) is 4.22. The van der Waals surface area contributed by atoms with Gasteiger partial charge in [0, 0.05) is 10.9 Å². The normalized spacial score (nSPS) is 9.18. The molecule has 0 saturated heterocycles. The number of hydrogen-bond acceptors (Lipinski definition) is 0. The van der Waals surface area contributed by atoms with Crippen LogP contribution in [0.3, 0.4) is 0 Å². The minimum atomic E-state index is 0.714. The molecular formula is C10H9Br. The number of hydrogen-bond donors (Lipinski definition) is 0. The van der Waals surface area contributed by atoms with E-state index in [9.17, 15) is 0 Å². The van der Waals surface area contributed by atoms with Gasteiger partial charge in [0.1, 0.15) is 0 Å². The molecule has 1 aromatic carbocycles. The van der Waals surface area contributed by atoms with E-state index in [1.807, 2.05) is 6.07 Å². The van der Waals surface area contributed by atoms with E-state index in [-0.39, 0.29) is 0 Å². The molecule has 0 aromatic heterocycles. The summed E-state index contributed by atoms with van der Waals surface area (Å²) < 4.78 is 1.09. The van der Waals surface area contributed by atoms with Crippen LogP contribution in [-0.2, 0) is 6.42 Å². The summed E-state index contributed by atoms with van der Waals surface area (Å²) in [4.78, 5) is 0. The van der Waals surface area contributed by atoms with Crippen molar-refractivity contribution >= 4 is 15.9 Å². The quantitative estimate of drug-likeness (QED) is 0.624. The Labute approximate surface area is 75.8 Å². The predicted octanol–water partition coefficient (Wildman–Crippen LogP) is 2.93. The van der Waals surface area contributed by atoms with Crippen LogP contribution in [-0.4, -0.2) is 0 Å². The third kappa shape index (κ3) is 2.10. The van der Waals surface area contributed by atoms with E-state index < -0.39 is 0 Å². The van der Waals surface area contributed by atoms with E-state index in [4.69, 9.17) is 6.42 Å². The molecule has 0 amide bonds. The Morgan fingerprint density at radius 3 is 2.91 bits per heavy atom. The van der Waals surface area contributed by atoms with Gasteiger partial charge in [0.2, 0.25) is 0 Å². The zero-order valence-corrected chi connectivity index (χ0v) is 7.98. The summed E-state index contributed by atoms with van der Waals surface area (Å²) >= 11 is 3.40. The lowest BCUT2D eigenvalue weighted by Crippen LogP contribution is -1.86. The lowest BCUT2D eigenvalue weighted by Gasteiger charge is -2.01. The molecule has 0 atom stereocenters. The van der Waals surface area contributed by atoms with Crippen molar-refractivity contribution in [3.63, 3.8) is 0 Å². The topological polar surface area (TPSA) is 0 Å². The maximum atomic E-state index is 5.21. The average Bonchev–Trinajstić information content (AvgIpc) is 1.98. The van der Waals surface area contributed by atoms with Crippen LogP contribution in [0.25, 0.3) is 0 Å². The molecule has 0 nitrogen and oxygen atoms in total. The first-order valence-electron chi connectivity index (χ1n) is 3.42. The van der Waals surface area contributed by atoms with Gasteiger partial charge in [-0.15, -0.1) is 12.3 Å². The molecule has 1 rings (SSSR count). The Bertz CT molecular complexity index is 294. The highest BCUT2D eigenvalue weighted by Gasteiger charge is 1.95. The molecule has 0 bridgehead atoms. The summed E-state index contributed by atoms with van der Waals surface area (Å²) in [6.45, 7) is 2.07. The molecule has 1 heteroatoms. The fraction of sp³-hybridized carbons (Fsp3) is 0.200. The van der Waals surface area contributed by atoms with Gasteiger partial charge in [-0.2, -0.15) is 0 Å². The zero-order chi connectivity index (χ0) is 8.27. The van der Waals surface area contributed by atoms with Crippen molar-refractivity contribution in [2.45, 2.75) is 13.3 Å². The highest BCUT2D eigenvalue weighted by Crippen LogP contribution is 2.15. The molecule has 1 aromatic rings. The summed E-state index contributed by atoms with van der Waals surface area (Å²) in [5.41, 5.74) is 2.48. The van der Waals surface area contributed by atoms with Crippen molar-refractivity contribution in [1.29, 1.82) is 0 Å². The molecule has 0 aliphatic carbocycles. The van der Waals surface area contributed by atoms with Crippen molar-refractivity contribution < 1.29 is 0 Å². The van der Waals surface area contributed by atoms with Crippen molar-refractivity contribution in [3.05, 3.63) is 33.8 Å². The zero-order valence-electron chi connectivity index (χ0n) is 6.39. The summed E-state index contributed by atoms with van der Waals surface area (Å²) in [6, 6.07) is 6.15. The van der Waals surface area contributed by atoms with Crippen molar-refractivity contribution in [3.8, 4) is 12.3 Å². The van der Waals surface area contributed by atoms with Crippen LogP contribution < -0.4 is 0 Å². The van der Waals surface area contributed by atoms with Gasteiger partial charge in [-0.25, -0.2) is 0 Å². The Morgan fingerprint density at radius 2 is 2.27 bits per heavy atom. The maximum Gasteiger partial charge on any atom is 0.0340 e. The van der Waals surface area contributed by atoms with Gasteiger partial charge in [-0.1, -0.05) is 22.0 Å². The second-order valence-corrected chi connectivity index (χ2v) is 3.37. The van der Waals surface area contributed by atoms with Crippen LogP contribution >= 0.6 is 15.9 Å². The van der Waals surface area contributed by atoms with Crippen LogP contribution in [0, 0.1) is 19.3 Å². The van der Waals surface area contributed by atoms with Gasteiger partial charge in [0.15, 0.2) is 0 Å². The number of terminal acetylenes is 1. The van der Waals surface area contributed by atoms with Gasteiger partial charge in [-0.3, -0.25) is 0 Å². The van der Waals surface area contributed by atoms with E-state index >= 15 is 0 Å². The molecule has 56 valence electrons. The van der Waals surface area contributed by atoms with E-state index in [0.29, 0.717) is 6.42 Å². The molecule has 0 N–H and O–H groups in total. The van der Waals surface area contributed by atoms with E-state index in [0.717, 1.165) is 4.47 Å². The highest BCUT2D eigenvalue weighted by molar-refractivity contribution is 9.10. The van der Waals surface area contributed by atoms with E-state index in [1.165, 1.54) is 11.1 Å². The summed E-state index contributed by atoms with van der Waals surface area (Å²) in [5.74, 6) is 2.63. The molecule has 0 saturated carbocycles. The molecule has 0 aliphatic heterocycles. The van der Waals surface area contributed by atoms with Gasteiger partial charge in [0.25, 0.3) is 0 Å². The summed E-state index contributed by atoms with van der Waals surface area (Å²) in [7, 11) is 0. The largest absolute Gasteiger partial charge is 0.120 e. The minimum Gasteiger partial charge on any atom is -0.120 e. The predicted molar refractivity (Wildman–Crippen MR) is 51.4 cm³/mol. The standard InChI is InChI=1S/C10H9Br/c1-3-4-9-7-10(11)6-5-8(9)2/h1,5-7H,4H2,2H3. The number of rotatable bonds is 1. The Morgan fingerprint density at radius 1 is 1.55 bits per heavy atom. The monoisotopic (exact) mass is 208 g/mol. The maximum absolute atomic E-state index is 5.21. The van der Waals surface area contributed by atoms with Crippen LogP contribution in [0.15, 0.2) is 22.7 Å². The van der Waals surface area contributed by atoms with Gasteiger partial charge in [0.05, 0.1) is 0 Å². The fourth-order valence-corrected chi connectivity index (χ4v) is 1.35. The highest BCUT2D eigenvalue weighted by atomic mass is 79.9. The second kappa shape index (κ2) is 3.59. The molecule has 11 heavy (non-hydrogen) atoms. The molecule has 0 unspecified atom stereocenters. The van der Waals surface area contributed by atoms with Gasteiger partial charge >= 0.3 is 0 Å². The van der Waals surface area contributed by atoms with Crippen molar-refractivity contribution in [2.75, 3.05) is 0 Å². The average molecular weight is 209 g/mol. The first kappa shape index (κ1) is 8.36. The molecule has 0 fully saturated rings. The minimum absolute atomic E-state index is 0.714. The van der Waals surface area contributed by atoms with E-state index in [1.54, 1.807) is 0 Å². The third-order valence-electron chi connectivity index (χ3n) is 1.60. The number of benzene rings is 1. The molecule has 0 radical (unpaired) electrons. The smallest absolute Gasteiger partial charge is 0.0340 e. The number of aryl methyl sites for hydroxylation is 1. The Hall–Kier alpha value is -0.740. The Kier molecular flexibility index (Phi) is 2.73. The van der Waals surface area contributed by atoms with Crippen LogP contribution in [0.4, 0.5) is 0 Å². The summed E-state index contributed by atoms with van der Waals surface area (Å²) in [6.07, 6.45) is 5.93. The molecular weight excluding hydrogens is 200 g/mol. The number of halogens is 1. The first-order chi connectivity index (χ1) is 5.24. The fourth-order valence-electron chi connectivity index (χ4n) is 0.940. The van der Waals surface area contributed by atoms with Crippen molar-refractivity contribution in [2.24, 2.45) is 0 Å². The van der Waals surface area contributed by atoms with Gasteiger partial charge in [-0.05, 0) is 30.2 Å². The van der Waals surface area contributed by atoms with Crippen molar-refractivity contribution in [1.82, 2.24) is 0 Å². The van der Waals surface area contributed by atoms with Crippen LogP contribution in [0.1, 0.15) is 11.1 Å². The molecule has 0 spiro atoms. The van der Waals surface area contributed by atoms with Gasteiger partial charge < -0.3 is 0 Å². The summed E-state index contributed by atoms with van der Waals surface area (Å²) in [5, 5.41) is 0. The SMILES string of the molecule is C#CCc1cc(Br)ccc1C. The molecule has 0 heterocycles. The lowest BCUT2D eigenvalue weighted by molar-refractivity contribution is 1.24. The van der Waals surface area contributed by atoms with Crippen LogP contribution in [0.5, 0.6) is 0 Å².